The molecule has 7 heteroatoms. The van der Waals surface area contributed by atoms with E-state index in [4.69, 9.17) is 0 Å². The van der Waals surface area contributed by atoms with E-state index in [-0.39, 0.29) is 6.54 Å². The largest absolute Gasteiger partial charge is 0.324 e. The lowest BCUT2D eigenvalue weighted by atomic mass is 10.2. The molecule has 26 heavy (non-hydrogen) atoms. The van der Waals surface area contributed by atoms with Crippen LogP contribution < -0.4 is 5.32 Å². The SMILES string of the molecule is Cc1ccccc1NC(=O)CN1C(=O)S/C(=C\c2cccc(Br)c2)C1=O. The van der Waals surface area contributed by atoms with Crippen molar-refractivity contribution in [2.75, 3.05) is 11.9 Å². The Bertz CT molecular complexity index is 927. The summed E-state index contributed by atoms with van der Waals surface area (Å²) in [5.74, 6) is -0.870. The van der Waals surface area contributed by atoms with Gasteiger partial charge in [-0.1, -0.05) is 46.3 Å². The van der Waals surface area contributed by atoms with E-state index in [1.165, 1.54) is 0 Å². The average molecular weight is 431 g/mol. The molecule has 132 valence electrons. The number of imide groups is 1. The first-order chi connectivity index (χ1) is 12.4. The first kappa shape index (κ1) is 18.4. The van der Waals surface area contributed by atoms with E-state index >= 15 is 0 Å². The van der Waals surface area contributed by atoms with Crippen molar-refractivity contribution in [1.82, 2.24) is 4.90 Å². The normalized spacial score (nSPS) is 15.6. The van der Waals surface area contributed by atoms with Crippen molar-refractivity contribution in [1.29, 1.82) is 0 Å². The van der Waals surface area contributed by atoms with Crippen molar-refractivity contribution in [2.24, 2.45) is 0 Å². The van der Waals surface area contributed by atoms with E-state index in [1.807, 2.05) is 49.4 Å². The maximum Gasteiger partial charge on any atom is 0.294 e. The van der Waals surface area contributed by atoms with Crippen molar-refractivity contribution in [3.05, 3.63) is 69.0 Å². The molecule has 0 unspecified atom stereocenters. The molecule has 1 heterocycles. The van der Waals surface area contributed by atoms with Crippen LogP contribution in [0.25, 0.3) is 6.08 Å². The summed E-state index contributed by atoms with van der Waals surface area (Å²) in [5.41, 5.74) is 2.37. The quantitative estimate of drug-likeness (QED) is 0.728. The Balaban J connectivity index is 1.71. The van der Waals surface area contributed by atoms with Gasteiger partial charge in [-0.3, -0.25) is 19.3 Å². The Kier molecular flexibility index (Phi) is 5.58. The van der Waals surface area contributed by atoms with Crippen molar-refractivity contribution < 1.29 is 14.4 Å². The number of thioether (sulfide) groups is 1. The lowest BCUT2D eigenvalue weighted by Crippen LogP contribution is -2.36. The lowest BCUT2D eigenvalue weighted by Gasteiger charge is -2.13. The number of para-hydroxylation sites is 1. The van der Waals surface area contributed by atoms with Gasteiger partial charge in [0.05, 0.1) is 4.91 Å². The van der Waals surface area contributed by atoms with Gasteiger partial charge in [0.25, 0.3) is 11.1 Å². The number of nitrogens with zero attached hydrogens (tertiary/aromatic N) is 1. The van der Waals surface area contributed by atoms with E-state index in [9.17, 15) is 14.4 Å². The molecule has 0 aromatic heterocycles. The second-order valence-corrected chi connectivity index (χ2v) is 7.59. The van der Waals surface area contributed by atoms with E-state index in [1.54, 1.807) is 12.1 Å². The molecule has 0 aliphatic carbocycles. The minimum atomic E-state index is -0.458. The van der Waals surface area contributed by atoms with Gasteiger partial charge in [0, 0.05) is 10.2 Å². The Hall–Kier alpha value is -2.38. The molecule has 3 amide bonds. The molecule has 0 atom stereocenters. The van der Waals surface area contributed by atoms with Crippen molar-refractivity contribution in [3.63, 3.8) is 0 Å². The highest BCUT2D eigenvalue weighted by molar-refractivity contribution is 9.10. The van der Waals surface area contributed by atoms with Crippen molar-refractivity contribution >= 4 is 56.5 Å². The van der Waals surface area contributed by atoms with Crippen LogP contribution >= 0.6 is 27.7 Å². The van der Waals surface area contributed by atoms with Crippen LogP contribution in [0.2, 0.25) is 0 Å². The second kappa shape index (κ2) is 7.88. The zero-order chi connectivity index (χ0) is 18.7. The highest BCUT2D eigenvalue weighted by Crippen LogP contribution is 2.32. The molecular weight excluding hydrogens is 416 g/mol. The van der Waals surface area contributed by atoms with Gasteiger partial charge in [-0.15, -0.1) is 0 Å². The van der Waals surface area contributed by atoms with Gasteiger partial charge in [-0.2, -0.15) is 0 Å². The number of rotatable bonds is 4. The molecule has 0 radical (unpaired) electrons. The lowest BCUT2D eigenvalue weighted by molar-refractivity contribution is -0.127. The zero-order valence-electron chi connectivity index (χ0n) is 13.9. The van der Waals surface area contributed by atoms with Gasteiger partial charge >= 0.3 is 0 Å². The number of halogens is 1. The van der Waals surface area contributed by atoms with E-state index in [0.717, 1.165) is 32.3 Å². The van der Waals surface area contributed by atoms with Crippen LogP contribution in [0.4, 0.5) is 10.5 Å². The number of aryl methyl sites for hydroxylation is 1. The smallest absolute Gasteiger partial charge is 0.294 e. The third-order valence-corrected chi connectivity index (χ3v) is 5.14. The predicted molar refractivity (Wildman–Crippen MR) is 107 cm³/mol. The average Bonchev–Trinajstić information content (AvgIpc) is 2.84. The molecule has 1 saturated heterocycles. The highest BCUT2D eigenvalue weighted by Gasteiger charge is 2.36. The first-order valence-corrected chi connectivity index (χ1v) is 9.41. The maximum absolute atomic E-state index is 12.5. The fourth-order valence-corrected chi connectivity index (χ4v) is 3.69. The van der Waals surface area contributed by atoms with Crippen LogP contribution in [0.3, 0.4) is 0 Å². The maximum atomic E-state index is 12.5. The fraction of sp³-hybridized carbons (Fsp3) is 0.105. The topological polar surface area (TPSA) is 66.5 Å². The van der Waals surface area contributed by atoms with Crippen molar-refractivity contribution in [3.8, 4) is 0 Å². The van der Waals surface area contributed by atoms with Crippen LogP contribution in [0.1, 0.15) is 11.1 Å². The first-order valence-electron chi connectivity index (χ1n) is 7.80. The minimum Gasteiger partial charge on any atom is -0.324 e. The molecule has 2 aromatic carbocycles. The molecule has 1 N–H and O–H groups in total. The highest BCUT2D eigenvalue weighted by atomic mass is 79.9. The minimum absolute atomic E-state index is 0.303. The molecule has 1 fully saturated rings. The molecule has 0 spiro atoms. The van der Waals surface area contributed by atoms with Gasteiger partial charge in [0.15, 0.2) is 0 Å². The van der Waals surface area contributed by atoms with E-state index in [2.05, 4.69) is 21.2 Å². The van der Waals surface area contributed by atoms with Crippen LogP contribution in [0.15, 0.2) is 57.9 Å². The second-order valence-electron chi connectivity index (χ2n) is 5.69. The number of carbonyl (C=O) groups excluding carboxylic acids is 3. The number of amides is 3. The third kappa shape index (κ3) is 4.23. The molecule has 2 aromatic rings. The molecule has 3 rings (SSSR count). The number of hydrogen-bond donors (Lipinski definition) is 1. The standard InChI is InChI=1S/C19H15BrN2O3S/c1-12-5-2-3-8-15(12)21-17(23)11-22-18(24)16(26-19(22)25)10-13-6-4-7-14(20)9-13/h2-10H,11H2,1H3,(H,21,23)/b16-10-. The molecular formula is C19H15BrN2O3S. The van der Waals surface area contributed by atoms with Gasteiger partial charge in [0.2, 0.25) is 5.91 Å². The van der Waals surface area contributed by atoms with Gasteiger partial charge in [-0.25, -0.2) is 0 Å². The number of carbonyl (C=O) groups is 3. The zero-order valence-corrected chi connectivity index (χ0v) is 16.3. The number of nitrogens with one attached hydrogen (secondary N) is 1. The fourth-order valence-electron chi connectivity index (χ4n) is 2.43. The van der Waals surface area contributed by atoms with E-state index in [0.29, 0.717) is 10.6 Å². The Morgan fingerprint density at radius 3 is 2.69 bits per heavy atom. The van der Waals surface area contributed by atoms with Crippen LogP contribution in [0.5, 0.6) is 0 Å². The van der Waals surface area contributed by atoms with Crippen molar-refractivity contribution in [2.45, 2.75) is 6.92 Å². The molecule has 1 aliphatic rings. The summed E-state index contributed by atoms with van der Waals surface area (Å²) >= 11 is 4.21. The van der Waals surface area contributed by atoms with Gasteiger partial charge < -0.3 is 5.32 Å². The summed E-state index contributed by atoms with van der Waals surface area (Å²) in [5, 5.41) is 2.28. The number of anilines is 1. The molecule has 0 bridgehead atoms. The Morgan fingerprint density at radius 1 is 1.19 bits per heavy atom. The monoisotopic (exact) mass is 430 g/mol. The molecule has 1 aliphatic heterocycles. The summed E-state index contributed by atoms with van der Waals surface area (Å²) in [6.07, 6.45) is 1.65. The van der Waals surface area contributed by atoms with Crippen LogP contribution in [0, 0.1) is 6.92 Å². The summed E-state index contributed by atoms with van der Waals surface area (Å²) in [7, 11) is 0. The summed E-state index contributed by atoms with van der Waals surface area (Å²) in [6.45, 7) is 1.56. The summed E-state index contributed by atoms with van der Waals surface area (Å²) < 4.78 is 0.878. The predicted octanol–water partition coefficient (Wildman–Crippen LogP) is 4.43. The number of benzene rings is 2. The van der Waals surface area contributed by atoms with Gasteiger partial charge in [0.1, 0.15) is 6.54 Å². The molecule has 5 nitrogen and oxygen atoms in total. The summed E-state index contributed by atoms with van der Waals surface area (Å²) in [6, 6.07) is 14.7. The Morgan fingerprint density at radius 2 is 1.96 bits per heavy atom. The van der Waals surface area contributed by atoms with E-state index < -0.39 is 17.1 Å². The van der Waals surface area contributed by atoms with Crippen LogP contribution in [-0.4, -0.2) is 28.5 Å². The van der Waals surface area contributed by atoms with Crippen LogP contribution in [-0.2, 0) is 9.59 Å². The Labute approximate surface area is 163 Å². The third-order valence-electron chi connectivity index (χ3n) is 3.74. The molecule has 0 saturated carbocycles. The summed E-state index contributed by atoms with van der Waals surface area (Å²) in [4.78, 5) is 38.1. The number of hydrogen-bond acceptors (Lipinski definition) is 4. The van der Waals surface area contributed by atoms with Gasteiger partial charge in [-0.05, 0) is 54.1 Å².